The summed E-state index contributed by atoms with van der Waals surface area (Å²) in [5.41, 5.74) is 1.24. The number of anilines is 2. The lowest BCUT2D eigenvalue weighted by atomic mass is 10.2. The van der Waals surface area contributed by atoms with Gasteiger partial charge in [0.1, 0.15) is 0 Å². The molecule has 0 aliphatic carbocycles. The van der Waals surface area contributed by atoms with E-state index in [2.05, 4.69) is 48.9 Å². The number of hydrogen-bond donors (Lipinski definition) is 0. The Morgan fingerprint density at radius 1 is 1.04 bits per heavy atom. The molecule has 28 heavy (non-hydrogen) atoms. The van der Waals surface area contributed by atoms with Crippen LogP contribution in [0.2, 0.25) is 0 Å². The third-order valence-electron chi connectivity index (χ3n) is 5.78. The van der Waals surface area contributed by atoms with Crippen LogP contribution in [-0.4, -0.2) is 84.6 Å². The van der Waals surface area contributed by atoms with Crippen molar-refractivity contribution in [1.29, 1.82) is 0 Å². The molecule has 2 aromatic rings. The number of likely N-dealkylation sites (N-methyl/N-ethyl adjacent to an activating group) is 1. The van der Waals surface area contributed by atoms with Gasteiger partial charge in [-0.2, -0.15) is 0 Å². The minimum atomic E-state index is 0.243. The summed E-state index contributed by atoms with van der Waals surface area (Å²) in [5.74, 6) is 0.990. The van der Waals surface area contributed by atoms with E-state index in [1.54, 1.807) is 12.4 Å². The van der Waals surface area contributed by atoms with Crippen LogP contribution in [0.15, 0.2) is 48.8 Å². The topological polar surface area (TPSA) is 55.8 Å². The van der Waals surface area contributed by atoms with Crippen molar-refractivity contribution in [2.75, 3.05) is 62.7 Å². The highest BCUT2D eigenvalue weighted by molar-refractivity contribution is 5.78. The van der Waals surface area contributed by atoms with E-state index in [0.29, 0.717) is 12.6 Å². The number of piperazine rings is 1. The summed E-state index contributed by atoms with van der Waals surface area (Å²) in [5, 5.41) is 0. The number of hydrogen-bond acceptors (Lipinski definition) is 6. The molecular formula is C21H28N6O. The van der Waals surface area contributed by atoms with Gasteiger partial charge in [0, 0.05) is 70.4 Å². The minimum absolute atomic E-state index is 0.243. The highest BCUT2D eigenvalue weighted by atomic mass is 16.2. The lowest BCUT2D eigenvalue weighted by Gasteiger charge is -2.36. The number of carbonyl (C=O) groups excluding carboxylic acids is 1. The molecule has 0 spiro atoms. The molecule has 1 aromatic carbocycles. The minimum Gasteiger partial charge on any atom is -0.368 e. The molecule has 1 aromatic heterocycles. The molecule has 0 N–H and O–H groups in total. The standard InChI is InChI=1S/C21H28N6O/c1-24(21-22-9-5-10-23-21)19-8-11-25(16-19)17-20(28)27-14-12-26(13-15-27)18-6-3-2-4-7-18/h2-7,9-10,19H,8,11-17H2,1H3. The fourth-order valence-electron chi connectivity index (χ4n) is 4.05. The molecule has 4 rings (SSSR count). The molecule has 1 amide bonds. The van der Waals surface area contributed by atoms with Crippen molar-refractivity contribution in [2.24, 2.45) is 0 Å². The highest BCUT2D eigenvalue weighted by Crippen LogP contribution is 2.19. The summed E-state index contributed by atoms with van der Waals surface area (Å²) >= 11 is 0. The Hall–Kier alpha value is -2.67. The molecule has 2 saturated heterocycles. The zero-order valence-corrected chi connectivity index (χ0v) is 16.4. The van der Waals surface area contributed by atoms with Crippen LogP contribution in [0.5, 0.6) is 0 Å². The highest BCUT2D eigenvalue weighted by Gasteiger charge is 2.30. The Labute approximate surface area is 166 Å². The molecule has 7 heteroatoms. The van der Waals surface area contributed by atoms with Gasteiger partial charge in [-0.25, -0.2) is 9.97 Å². The normalized spacial score (nSPS) is 20.4. The Morgan fingerprint density at radius 2 is 1.75 bits per heavy atom. The molecule has 2 aliphatic rings. The van der Waals surface area contributed by atoms with Gasteiger partial charge in [-0.15, -0.1) is 0 Å². The monoisotopic (exact) mass is 380 g/mol. The number of amides is 1. The average molecular weight is 380 g/mol. The summed E-state index contributed by atoms with van der Waals surface area (Å²) in [6.45, 7) is 5.71. The van der Waals surface area contributed by atoms with Crippen LogP contribution in [0, 0.1) is 0 Å². The third-order valence-corrected chi connectivity index (χ3v) is 5.78. The van der Waals surface area contributed by atoms with Crippen LogP contribution in [0.1, 0.15) is 6.42 Å². The number of nitrogens with zero attached hydrogens (tertiary/aromatic N) is 6. The Balaban J connectivity index is 1.25. The maximum Gasteiger partial charge on any atom is 0.236 e. The first-order valence-electron chi connectivity index (χ1n) is 10.0. The van der Waals surface area contributed by atoms with E-state index >= 15 is 0 Å². The van der Waals surface area contributed by atoms with Crippen LogP contribution in [0.4, 0.5) is 11.6 Å². The van der Waals surface area contributed by atoms with Crippen molar-refractivity contribution in [3.63, 3.8) is 0 Å². The summed E-state index contributed by atoms with van der Waals surface area (Å²) < 4.78 is 0. The number of likely N-dealkylation sites (tertiary alicyclic amines) is 1. The van der Waals surface area contributed by atoms with Gasteiger partial charge >= 0.3 is 0 Å². The summed E-state index contributed by atoms with van der Waals surface area (Å²) in [6.07, 6.45) is 4.57. The van der Waals surface area contributed by atoms with E-state index in [4.69, 9.17) is 0 Å². The second kappa shape index (κ2) is 8.56. The number of para-hydroxylation sites is 1. The van der Waals surface area contributed by atoms with Crippen LogP contribution < -0.4 is 9.80 Å². The van der Waals surface area contributed by atoms with Gasteiger partial charge in [-0.05, 0) is 24.6 Å². The van der Waals surface area contributed by atoms with Gasteiger partial charge in [0.25, 0.3) is 0 Å². The Bertz CT molecular complexity index is 763. The number of rotatable bonds is 5. The van der Waals surface area contributed by atoms with Gasteiger partial charge in [0.15, 0.2) is 0 Å². The molecular weight excluding hydrogens is 352 g/mol. The van der Waals surface area contributed by atoms with Crippen molar-refractivity contribution >= 4 is 17.5 Å². The lowest BCUT2D eigenvalue weighted by Crippen LogP contribution is -2.51. The molecule has 0 radical (unpaired) electrons. The van der Waals surface area contributed by atoms with E-state index in [9.17, 15) is 4.79 Å². The molecule has 148 valence electrons. The zero-order chi connectivity index (χ0) is 19.3. The third kappa shape index (κ3) is 4.25. The van der Waals surface area contributed by atoms with Crippen molar-refractivity contribution < 1.29 is 4.79 Å². The summed E-state index contributed by atoms with van der Waals surface area (Å²) in [7, 11) is 2.04. The second-order valence-corrected chi connectivity index (χ2v) is 7.54. The smallest absolute Gasteiger partial charge is 0.236 e. The Morgan fingerprint density at radius 3 is 2.46 bits per heavy atom. The second-order valence-electron chi connectivity index (χ2n) is 7.54. The van der Waals surface area contributed by atoms with Crippen molar-refractivity contribution in [3.8, 4) is 0 Å². The summed E-state index contributed by atoms with van der Waals surface area (Å²) in [6, 6.07) is 12.6. The van der Waals surface area contributed by atoms with Crippen molar-refractivity contribution in [1.82, 2.24) is 19.8 Å². The molecule has 0 saturated carbocycles. The van der Waals surface area contributed by atoms with E-state index in [1.165, 1.54) is 5.69 Å². The quantitative estimate of drug-likeness (QED) is 0.780. The van der Waals surface area contributed by atoms with Crippen LogP contribution in [0.3, 0.4) is 0 Å². The molecule has 1 unspecified atom stereocenters. The molecule has 7 nitrogen and oxygen atoms in total. The van der Waals surface area contributed by atoms with Gasteiger partial charge in [0.05, 0.1) is 6.54 Å². The lowest BCUT2D eigenvalue weighted by molar-refractivity contribution is -0.132. The molecule has 0 bridgehead atoms. The molecule has 1 atom stereocenters. The first-order chi connectivity index (χ1) is 13.7. The number of benzene rings is 1. The average Bonchev–Trinajstić information content (AvgIpc) is 3.23. The van der Waals surface area contributed by atoms with Crippen molar-refractivity contribution in [2.45, 2.75) is 12.5 Å². The maximum absolute atomic E-state index is 12.8. The van der Waals surface area contributed by atoms with Crippen LogP contribution in [-0.2, 0) is 4.79 Å². The molecule has 2 aliphatic heterocycles. The zero-order valence-electron chi connectivity index (χ0n) is 16.4. The van der Waals surface area contributed by atoms with Crippen LogP contribution in [0.25, 0.3) is 0 Å². The number of carbonyl (C=O) groups is 1. The Kier molecular flexibility index (Phi) is 5.71. The summed E-state index contributed by atoms with van der Waals surface area (Å²) in [4.78, 5) is 30.2. The first kappa shape index (κ1) is 18.7. The van der Waals surface area contributed by atoms with Gasteiger partial charge in [-0.3, -0.25) is 9.69 Å². The van der Waals surface area contributed by atoms with E-state index < -0.39 is 0 Å². The fraction of sp³-hybridized carbons (Fsp3) is 0.476. The van der Waals surface area contributed by atoms with E-state index in [0.717, 1.165) is 51.6 Å². The molecule has 2 fully saturated rings. The largest absolute Gasteiger partial charge is 0.368 e. The van der Waals surface area contributed by atoms with Crippen LogP contribution >= 0.6 is 0 Å². The predicted molar refractivity (Wildman–Crippen MR) is 111 cm³/mol. The molecule has 3 heterocycles. The maximum atomic E-state index is 12.8. The predicted octanol–water partition coefficient (Wildman–Crippen LogP) is 1.34. The van der Waals surface area contributed by atoms with Gasteiger partial charge in [-0.1, -0.05) is 18.2 Å². The van der Waals surface area contributed by atoms with Gasteiger partial charge in [0.2, 0.25) is 11.9 Å². The first-order valence-corrected chi connectivity index (χ1v) is 10.0. The van der Waals surface area contributed by atoms with E-state index in [-0.39, 0.29) is 5.91 Å². The van der Waals surface area contributed by atoms with E-state index in [1.807, 2.05) is 24.1 Å². The SMILES string of the molecule is CN(c1ncccn1)C1CCN(CC(=O)N2CCN(c3ccccc3)CC2)C1. The van der Waals surface area contributed by atoms with Crippen molar-refractivity contribution in [3.05, 3.63) is 48.8 Å². The number of aromatic nitrogens is 2. The van der Waals surface area contributed by atoms with Gasteiger partial charge < -0.3 is 14.7 Å². The fourth-order valence-corrected chi connectivity index (χ4v) is 4.05.